The van der Waals surface area contributed by atoms with E-state index in [-0.39, 0.29) is 18.2 Å². The fraction of sp³-hybridized carbons (Fsp3) is 0.500. The van der Waals surface area contributed by atoms with Crippen LogP contribution < -0.4 is 11.2 Å². The Balaban J connectivity index is 3.40. The van der Waals surface area contributed by atoms with E-state index in [0.29, 0.717) is 0 Å². The van der Waals surface area contributed by atoms with Crippen molar-refractivity contribution in [1.82, 2.24) is 9.55 Å². The Labute approximate surface area is 74.7 Å². The molecule has 0 aromatic carbocycles. The predicted molar refractivity (Wildman–Crippen MR) is 47.6 cm³/mol. The molecule has 1 aromatic heterocycles. The first-order valence-corrected chi connectivity index (χ1v) is 4.01. The third-order valence-electron chi connectivity index (χ3n) is 1.77. The van der Waals surface area contributed by atoms with Gasteiger partial charge in [0, 0.05) is 12.2 Å². The molecule has 0 saturated carbocycles. The Morgan fingerprint density at radius 2 is 2.15 bits per heavy atom. The molecule has 0 spiro atoms. The van der Waals surface area contributed by atoms with Crippen LogP contribution in [-0.4, -0.2) is 14.7 Å². The number of nitrogens with one attached hydrogen (secondary N) is 1. The number of nitrogens with zero attached hydrogens (tertiary/aromatic N) is 1. The fourth-order valence-electron chi connectivity index (χ4n) is 1.02. The molecule has 2 N–H and O–H groups in total. The van der Waals surface area contributed by atoms with Gasteiger partial charge in [0.05, 0.1) is 12.2 Å². The van der Waals surface area contributed by atoms with Crippen molar-refractivity contribution in [1.29, 1.82) is 0 Å². The van der Waals surface area contributed by atoms with Gasteiger partial charge in [-0.1, -0.05) is 0 Å². The molecule has 72 valence electrons. The van der Waals surface area contributed by atoms with Gasteiger partial charge >= 0.3 is 5.69 Å². The number of aromatic amines is 1. The Hall–Kier alpha value is -1.36. The van der Waals surface area contributed by atoms with Gasteiger partial charge in [0.15, 0.2) is 0 Å². The Kier molecular flexibility index (Phi) is 2.67. The molecule has 0 fully saturated rings. The number of aliphatic hydroxyl groups excluding tert-OH is 1. The molecule has 5 nitrogen and oxygen atoms in total. The molecule has 0 saturated heterocycles. The Bertz CT molecular complexity index is 403. The van der Waals surface area contributed by atoms with Crippen LogP contribution in [0.15, 0.2) is 15.8 Å². The SMILES string of the molecule is CC(C)n1cc(CO)c(=O)[nH]c1=O. The summed E-state index contributed by atoms with van der Waals surface area (Å²) in [5, 5.41) is 8.78. The molecule has 0 aliphatic rings. The predicted octanol–water partition coefficient (Wildman–Crippen LogP) is -0.390. The van der Waals surface area contributed by atoms with Crippen molar-refractivity contribution in [2.75, 3.05) is 0 Å². The highest BCUT2D eigenvalue weighted by atomic mass is 16.3. The van der Waals surface area contributed by atoms with Crippen LogP contribution in [0.5, 0.6) is 0 Å². The van der Waals surface area contributed by atoms with Crippen molar-refractivity contribution >= 4 is 0 Å². The van der Waals surface area contributed by atoms with Crippen molar-refractivity contribution in [3.8, 4) is 0 Å². The molecule has 0 aliphatic heterocycles. The number of aromatic nitrogens is 2. The van der Waals surface area contributed by atoms with E-state index in [1.807, 2.05) is 13.8 Å². The summed E-state index contributed by atoms with van der Waals surface area (Å²) in [7, 11) is 0. The second kappa shape index (κ2) is 3.57. The number of aliphatic hydroxyl groups is 1. The number of H-pyrrole nitrogens is 1. The normalized spacial score (nSPS) is 10.8. The van der Waals surface area contributed by atoms with Gasteiger partial charge in [-0.3, -0.25) is 14.3 Å². The maximum Gasteiger partial charge on any atom is 0.328 e. The van der Waals surface area contributed by atoms with E-state index in [9.17, 15) is 9.59 Å². The average Bonchev–Trinajstić information content (AvgIpc) is 2.03. The van der Waals surface area contributed by atoms with Gasteiger partial charge in [-0.05, 0) is 13.8 Å². The molecular weight excluding hydrogens is 172 g/mol. The summed E-state index contributed by atoms with van der Waals surface area (Å²) in [5.41, 5.74) is -0.769. The fourth-order valence-corrected chi connectivity index (χ4v) is 1.02. The molecule has 5 heteroatoms. The van der Waals surface area contributed by atoms with Crippen molar-refractivity contribution in [3.63, 3.8) is 0 Å². The summed E-state index contributed by atoms with van der Waals surface area (Å²) >= 11 is 0. The molecule has 1 rings (SSSR count). The van der Waals surface area contributed by atoms with Gasteiger partial charge < -0.3 is 5.11 Å². The molecule has 0 unspecified atom stereocenters. The van der Waals surface area contributed by atoms with E-state index >= 15 is 0 Å². The van der Waals surface area contributed by atoms with Crippen LogP contribution in [-0.2, 0) is 6.61 Å². The maximum absolute atomic E-state index is 11.2. The zero-order chi connectivity index (χ0) is 10.0. The lowest BCUT2D eigenvalue weighted by Gasteiger charge is -2.09. The van der Waals surface area contributed by atoms with E-state index in [0.717, 1.165) is 0 Å². The minimum atomic E-state index is -0.524. The third kappa shape index (κ3) is 1.86. The second-order valence-corrected chi connectivity index (χ2v) is 3.07. The lowest BCUT2D eigenvalue weighted by atomic mass is 10.3. The van der Waals surface area contributed by atoms with Crippen LogP contribution in [0, 0.1) is 0 Å². The highest BCUT2D eigenvalue weighted by Crippen LogP contribution is 1.98. The van der Waals surface area contributed by atoms with E-state index in [4.69, 9.17) is 5.11 Å². The molecule has 13 heavy (non-hydrogen) atoms. The van der Waals surface area contributed by atoms with E-state index < -0.39 is 11.2 Å². The Morgan fingerprint density at radius 3 is 2.62 bits per heavy atom. The van der Waals surface area contributed by atoms with Gasteiger partial charge in [-0.15, -0.1) is 0 Å². The van der Waals surface area contributed by atoms with E-state index in [1.54, 1.807) is 0 Å². The minimum Gasteiger partial charge on any atom is -0.391 e. The summed E-state index contributed by atoms with van der Waals surface area (Å²) in [6.07, 6.45) is 1.38. The van der Waals surface area contributed by atoms with E-state index in [2.05, 4.69) is 4.98 Å². The second-order valence-electron chi connectivity index (χ2n) is 3.07. The first-order valence-electron chi connectivity index (χ1n) is 4.01. The van der Waals surface area contributed by atoms with Crippen LogP contribution >= 0.6 is 0 Å². The Morgan fingerprint density at radius 1 is 1.54 bits per heavy atom. The monoisotopic (exact) mass is 184 g/mol. The largest absolute Gasteiger partial charge is 0.391 e. The summed E-state index contributed by atoms with van der Waals surface area (Å²) in [5.74, 6) is 0. The highest BCUT2D eigenvalue weighted by molar-refractivity contribution is 5.02. The first kappa shape index (κ1) is 9.73. The van der Waals surface area contributed by atoms with Crippen LogP contribution in [0.2, 0.25) is 0 Å². The molecule has 0 amide bonds. The van der Waals surface area contributed by atoms with Crippen LogP contribution in [0.1, 0.15) is 25.5 Å². The topological polar surface area (TPSA) is 75.1 Å². The highest BCUT2D eigenvalue weighted by Gasteiger charge is 2.05. The first-order chi connectivity index (χ1) is 6.06. The van der Waals surface area contributed by atoms with Crippen LogP contribution in [0.4, 0.5) is 0 Å². The van der Waals surface area contributed by atoms with Gasteiger partial charge in [-0.25, -0.2) is 4.79 Å². The minimum absolute atomic E-state index is 0.0327. The molecule has 0 aliphatic carbocycles. The van der Waals surface area contributed by atoms with Gasteiger partial charge in [0.2, 0.25) is 0 Å². The molecule has 1 heterocycles. The van der Waals surface area contributed by atoms with Crippen LogP contribution in [0.25, 0.3) is 0 Å². The zero-order valence-corrected chi connectivity index (χ0v) is 7.57. The summed E-state index contributed by atoms with van der Waals surface area (Å²) < 4.78 is 1.37. The van der Waals surface area contributed by atoms with Crippen molar-refractivity contribution in [2.45, 2.75) is 26.5 Å². The third-order valence-corrected chi connectivity index (χ3v) is 1.77. The number of hydrogen-bond donors (Lipinski definition) is 2. The number of hydrogen-bond acceptors (Lipinski definition) is 3. The quantitative estimate of drug-likeness (QED) is 0.657. The van der Waals surface area contributed by atoms with Gasteiger partial charge in [-0.2, -0.15) is 0 Å². The van der Waals surface area contributed by atoms with Crippen molar-refractivity contribution in [3.05, 3.63) is 32.6 Å². The molecule has 0 bridgehead atoms. The zero-order valence-electron chi connectivity index (χ0n) is 7.57. The van der Waals surface area contributed by atoms with Crippen molar-refractivity contribution < 1.29 is 5.11 Å². The molecule has 0 atom stereocenters. The van der Waals surface area contributed by atoms with Crippen molar-refractivity contribution in [2.24, 2.45) is 0 Å². The molecule has 1 aromatic rings. The molecular formula is C8H12N2O3. The van der Waals surface area contributed by atoms with Gasteiger partial charge in [0.1, 0.15) is 0 Å². The maximum atomic E-state index is 11.2. The molecule has 0 radical (unpaired) electrons. The lowest BCUT2D eigenvalue weighted by Crippen LogP contribution is -2.32. The van der Waals surface area contributed by atoms with E-state index in [1.165, 1.54) is 10.8 Å². The summed E-state index contributed by atoms with van der Waals surface area (Å²) in [6.45, 7) is 3.28. The summed E-state index contributed by atoms with van der Waals surface area (Å²) in [4.78, 5) is 24.3. The van der Waals surface area contributed by atoms with Gasteiger partial charge in [0.25, 0.3) is 5.56 Å². The number of rotatable bonds is 2. The standard InChI is InChI=1S/C8H12N2O3/c1-5(2)10-3-6(4-11)7(12)9-8(10)13/h3,5,11H,4H2,1-2H3,(H,9,12,13). The summed E-state index contributed by atoms with van der Waals surface area (Å²) in [6, 6.07) is -0.0327. The lowest BCUT2D eigenvalue weighted by molar-refractivity contribution is 0.278. The average molecular weight is 184 g/mol. The smallest absolute Gasteiger partial charge is 0.328 e. The van der Waals surface area contributed by atoms with Crippen LogP contribution in [0.3, 0.4) is 0 Å².